The van der Waals surface area contributed by atoms with Gasteiger partial charge >= 0.3 is 0 Å². The molecule has 2 aromatic carbocycles. The van der Waals surface area contributed by atoms with Crippen molar-refractivity contribution in [1.29, 1.82) is 0 Å². The van der Waals surface area contributed by atoms with Gasteiger partial charge in [-0.15, -0.1) is 0 Å². The number of nitrogens with one attached hydrogen (secondary N) is 1. The number of fused-ring (bicyclic) bond motifs is 1. The summed E-state index contributed by atoms with van der Waals surface area (Å²) >= 11 is 0. The summed E-state index contributed by atoms with van der Waals surface area (Å²) in [5.41, 5.74) is 1.36. The molecular weight excluding hydrogens is 423 g/mol. The fourth-order valence-electron chi connectivity index (χ4n) is 4.13. The SMILES string of the molecule is O=C(C(=O)N1CCN(/C(=N/C(=O)C2CC2)c2ccccc2)CC1)c1c[nH]c2cccc(F)c12. The highest BCUT2D eigenvalue weighted by atomic mass is 19.1. The topological polar surface area (TPSA) is 85.8 Å². The molecule has 2 aliphatic rings. The van der Waals surface area contributed by atoms with Gasteiger partial charge < -0.3 is 14.8 Å². The van der Waals surface area contributed by atoms with E-state index in [2.05, 4.69) is 9.98 Å². The molecule has 1 saturated carbocycles. The van der Waals surface area contributed by atoms with Crippen LogP contribution >= 0.6 is 0 Å². The van der Waals surface area contributed by atoms with Crippen molar-refractivity contribution in [2.24, 2.45) is 10.9 Å². The van der Waals surface area contributed by atoms with Crippen LogP contribution in [0.2, 0.25) is 0 Å². The van der Waals surface area contributed by atoms with Crippen LogP contribution in [0.15, 0.2) is 59.7 Å². The van der Waals surface area contributed by atoms with Gasteiger partial charge in [0.25, 0.3) is 17.6 Å². The monoisotopic (exact) mass is 446 g/mol. The van der Waals surface area contributed by atoms with Crippen molar-refractivity contribution in [3.05, 3.63) is 71.7 Å². The Bertz CT molecular complexity index is 1260. The number of carbonyl (C=O) groups excluding carboxylic acids is 3. The maximum atomic E-state index is 14.3. The number of rotatable bonds is 4. The predicted octanol–water partition coefficient (Wildman–Crippen LogP) is 3.02. The summed E-state index contributed by atoms with van der Waals surface area (Å²) in [7, 11) is 0. The molecule has 1 saturated heterocycles. The van der Waals surface area contributed by atoms with Crippen LogP contribution in [0, 0.1) is 11.7 Å². The summed E-state index contributed by atoms with van der Waals surface area (Å²) in [5, 5.41) is 0.131. The molecule has 33 heavy (non-hydrogen) atoms. The molecule has 1 aromatic heterocycles. The number of carbonyl (C=O) groups is 3. The zero-order chi connectivity index (χ0) is 22.9. The lowest BCUT2D eigenvalue weighted by Crippen LogP contribution is -2.52. The molecule has 0 atom stereocenters. The summed E-state index contributed by atoms with van der Waals surface area (Å²) in [5.74, 6) is -1.43. The Kier molecular flexibility index (Phi) is 5.50. The standard InChI is InChI=1S/C25H23FN4O3/c26-19-7-4-8-20-21(19)18(15-27-20)22(31)25(33)30-13-11-29(12-14-30)23(16-5-2-1-3-6-16)28-24(32)17-9-10-17/h1-8,15,17,27H,9-14H2/b28-23+. The van der Waals surface area contributed by atoms with Crippen LogP contribution in [0.4, 0.5) is 4.39 Å². The van der Waals surface area contributed by atoms with Crippen LogP contribution < -0.4 is 0 Å². The van der Waals surface area contributed by atoms with Crippen molar-refractivity contribution in [3.63, 3.8) is 0 Å². The molecule has 2 fully saturated rings. The molecule has 0 spiro atoms. The normalized spacial score (nSPS) is 16.8. The smallest absolute Gasteiger partial charge is 0.295 e. The van der Waals surface area contributed by atoms with Gasteiger partial charge in [0.1, 0.15) is 11.7 Å². The van der Waals surface area contributed by atoms with Crippen molar-refractivity contribution in [2.45, 2.75) is 12.8 Å². The Morgan fingerprint density at radius 2 is 1.61 bits per heavy atom. The second-order valence-corrected chi connectivity index (χ2v) is 8.39. The summed E-state index contributed by atoms with van der Waals surface area (Å²) in [4.78, 5) is 48.9. The molecule has 0 unspecified atom stereocenters. The minimum Gasteiger partial charge on any atom is -0.360 e. The molecule has 5 rings (SSSR count). The maximum Gasteiger partial charge on any atom is 0.295 e. The van der Waals surface area contributed by atoms with Crippen LogP contribution in [-0.4, -0.2) is 64.4 Å². The molecule has 1 N–H and O–H groups in total. The van der Waals surface area contributed by atoms with Gasteiger partial charge in [-0.05, 0) is 25.0 Å². The van der Waals surface area contributed by atoms with Crippen LogP contribution in [0.5, 0.6) is 0 Å². The third-order valence-electron chi connectivity index (χ3n) is 6.13. The quantitative estimate of drug-likeness (QED) is 0.289. The van der Waals surface area contributed by atoms with Gasteiger partial charge in [0.15, 0.2) is 0 Å². The molecule has 168 valence electrons. The first kappa shape index (κ1) is 21.1. The number of H-pyrrole nitrogens is 1. The van der Waals surface area contributed by atoms with Crippen LogP contribution in [0.3, 0.4) is 0 Å². The maximum absolute atomic E-state index is 14.3. The molecule has 0 bridgehead atoms. The number of aromatic amines is 1. The summed E-state index contributed by atoms with van der Waals surface area (Å²) in [6.07, 6.45) is 3.14. The third-order valence-corrected chi connectivity index (χ3v) is 6.13. The van der Waals surface area contributed by atoms with E-state index < -0.39 is 17.5 Å². The average Bonchev–Trinajstić information content (AvgIpc) is 3.61. The van der Waals surface area contributed by atoms with E-state index in [1.54, 1.807) is 12.1 Å². The number of nitrogens with zero attached hydrogens (tertiary/aromatic N) is 3. The van der Waals surface area contributed by atoms with Crippen LogP contribution in [0.25, 0.3) is 10.9 Å². The summed E-state index contributed by atoms with van der Waals surface area (Å²) < 4.78 is 14.3. The third kappa shape index (κ3) is 4.16. The molecule has 8 heteroatoms. The van der Waals surface area contributed by atoms with Crippen LogP contribution in [-0.2, 0) is 9.59 Å². The van der Waals surface area contributed by atoms with Crippen LogP contribution in [0.1, 0.15) is 28.8 Å². The Morgan fingerprint density at radius 1 is 0.909 bits per heavy atom. The van der Waals surface area contributed by atoms with E-state index in [1.807, 2.05) is 35.2 Å². The van der Waals surface area contributed by atoms with Crippen molar-refractivity contribution >= 4 is 34.3 Å². The molecular formula is C25H23FN4O3. The lowest BCUT2D eigenvalue weighted by atomic mass is 10.1. The second-order valence-electron chi connectivity index (χ2n) is 8.39. The first-order valence-corrected chi connectivity index (χ1v) is 11.0. The molecule has 0 radical (unpaired) electrons. The number of hydrogen-bond acceptors (Lipinski definition) is 3. The minimum atomic E-state index is -0.735. The van der Waals surface area contributed by atoms with Gasteiger partial charge in [0.05, 0.1) is 5.56 Å². The van der Waals surface area contributed by atoms with Gasteiger partial charge in [-0.25, -0.2) is 4.39 Å². The molecule has 1 aliphatic carbocycles. The number of piperazine rings is 1. The van der Waals surface area contributed by atoms with Crippen molar-refractivity contribution in [3.8, 4) is 0 Å². The fourth-order valence-corrected chi connectivity index (χ4v) is 4.13. The second kappa shape index (κ2) is 8.61. The number of aliphatic imine (C=N–C) groups is 1. The van der Waals surface area contributed by atoms with E-state index in [-0.39, 0.29) is 22.8 Å². The first-order valence-electron chi connectivity index (χ1n) is 11.0. The number of Topliss-reactive ketones (excluding diaryl/α,β-unsaturated/α-hetero) is 1. The fraction of sp³-hybridized carbons (Fsp3) is 0.280. The number of amidine groups is 1. The zero-order valence-electron chi connectivity index (χ0n) is 18.0. The Labute approximate surface area is 189 Å². The first-order chi connectivity index (χ1) is 16.0. The molecule has 2 amide bonds. The highest BCUT2D eigenvalue weighted by Gasteiger charge is 2.33. The van der Waals surface area contributed by atoms with Gasteiger partial charge in [0, 0.05) is 54.8 Å². The van der Waals surface area contributed by atoms with Crippen molar-refractivity contribution < 1.29 is 18.8 Å². The number of halogens is 1. The molecule has 1 aliphatic heterocycles. The zero-order valence-corrected chi connectivity index (χ0v) is 18.0. The number of benzene rings is 2. The Balaban J connectivity index is 1.31. The van der Waals surface area contributed by atoms with E-state index in [1.165, 1.54) is 17.2 Å². The molecule has 7 nitrogen and oxygen atoms in total. The predicted molar refractivity (Wildman–Crippen MR) is 121 cm³/mol. The van der Waals surface area contributed by atoms with E-state index in [4.69, 9.17) is 0 Å². The van der Waals surface area contributed by atoms with Gasteiger partial charge in [-0.1, -0.05) is 36.4 Å². The van der Waals surface area contributed by atoms with Crippen molar-refractivity contribution in [2.75, 3.05) is 26.2 Å². The van der Waals surface area contributed by atoms with E-state index in [9.17, 15) is 18.8 Å². The van der Waals surface area contributed by atoms with Gasteiger partial charge in [-0.2, -0.15) is 4.99 Å². The highest BCUT2D eigenvalue weighted by molar-refractivity contribution is 6.44. The largest absolute Gasteiger partial charge is 0.360 e. The minimum absolute atomic E-state index is 0.0146. The van der Waals surface area contributed by atoms with E-state index >= 15 is 0 Å². The van der Waals surface area contributed by atoms with Crippen molar-refractivity contribution in [1.82, 2.24) is 14.8 Å². The number of amides is 2. The average molecular weight is 446 g/mol. The number of aromatic nitrogens is 1. The Hall–Kier alpha value is -3.81. The molecule has 2 heterocycles. The Morgan fingerprint density at radius 3 is 2.30 bits per heavy atom. The van der Waals surface area contributed by atoms with Gasteiger partial charge in [0.2, 0.25) is 0 Å². The lowest BCUT2D eigenvalue weighted by molar-refractivity contribution is -0.127. The summed E-state index contributed by atoms with van der Waals surface area (Å²) in [6.45, 7) is 1.48. The van der Waals surface area contributed by atoms with E-state index in [0.29, 0.717) is 37.5 Å². The number of hydrogen-bond donors (Lipinski definition) is 1. The molecule has 3 aromatic rings. The van der Waals surface area contributed by atoms with Gasteiger partial charge in [-0.3, -0.25) is 14.4 Å². The lowest BCUT2D eigenvalue weighted by Gasteiger charge is -2.36. The highest BCUT2D eigenvalue weighted by Crippen LogP contribution is 2.30. The summed E-state index contributed by atoms with van der Waals surface area (Å²) in [6, 6.07) is 14.0. The number of ketones is 1. The van der Waals surface area contributed by atoms with E-state index in [0.717, 1.165) is 18.4 Å².